The molecule has 0 heterocycles. The zero-order valence-electron chi connectivity index (χ0n) is 10.2. The van der Waals surface area contributed by atoms with Gasteiger partial charge < -0.3 is 0 Å². The van der Waals surface area contributed by atoms with Gasteiger partial charge in [0.05, 0.1) is 0 Å². The quantitative estimate of drug-likeness (QED) is 0.724. The van der Waals surface area contributed by atoms with E-state index in [2.05, 4.69) is 36.8 Å². The molecule has 2 rings (SSSR count). The van der Waals surface area contributed by atoms with Gasteiger partial charge >= 0.3 is 0 Å². The van der Waals surface area contributed by atoms with Gasteiger partial charge in [-0.25, -0.2) is 0 Å². The van der Waals surface area contributed by atoms with Crippen LogP contribution in [-0.2, 0) is 11.2 Å². The summed E-state index contributed by atoms with van der Waals surface area (Å²) in [5, 5.41) is 0. The molecule has 1 aromatic rings. The maximum absolute atomic E-state index is 5.68. The van der Waals surface area contributed by atoms with E-state index in [1.54, 1.807) is 0 Å². The van der Waals surface area contributed by atoms with E-state index in [1.165, 1.54) is 37.7 Å². The minimum absolute atomic E-state index is 0.0221. The molecule has 16 heavy (non-hydrogen) atoms. The normalized spacial score (nSPS) is 17.7. The van der Waals surface area contributed by atoms with Crippen molar-refractivity contribution in [3.63, 3.8) is 0 Å². The molecule has 0 amide bonds. The van der Waals surface area contributed by atoms with E-state index < -0.39 is 0 Å². The second kappa shape index (κ2) is 5.62. The Morgan fingerprint density at radius 3 is 2.19 bits per heavy atom. The van der Waals surface area contributed by atoms with Crippen LogP contribution in [0.1, 0.15) is 43.6 Å². The monoisotopic (exact) mass is 237 g/mol. The Bertz CT molecular complexity index is 312. The fourth-order valence-corrected chi connectivity index (χ4v) is 2.92. The summed E-state index contributed by atoms with van der Waals surface area (Å²) in [4.78, 5) is 0. The fraction of sp³-hybridized carbons (Fsp3) is 0.571. The van der Waals surface area contributed by atoms with Gasteiger partial charge in [-0.1, -0.05) is 31.4 Å². The molecule has 0 N–H and O–H groups in total. The van der Waals surface area contributed by atoms with Gasteiger partial charge in [-0.15, -0.1) is 0 Å². The molecule has 0 spiro atoms. The first kappa shape index (κ1) is 11.8. The van der Waals surface area contributed by atoms with Crippen molar-refractivity contribution in [1.82, 2.24) is 0 Å². The zero-order valence-corrected chi connectivity index (χ0v) is 11.1. The molecule has 1 nitrogen and oxygen atoms in total. The van der Waals surface area contributed by atoms with Gasteiger partial charge in [0.15, 0.2) is 16.9 Å². The topological polar surface area (TPSA) is 9.23 Å². The van der Waals surface area contributed by atoms with Crippen LogP contribution >= 0.6 is 0 Å². The first-order valence-corrected chi connectivity index (χ1v) is 8.08. The maximum Gasteiger partial charge on any atom is 0.191 e. The van der Waals surface area contributed by atoms with Crippen LogP contribution in [0.25, 0.3) is 0 Å². The van der Waals surface area contributed by atoms with Crippen LogP contribution in [-0.4, -0.2) is 12.5 Å². The lowest BCUT2D eigenvalue weighted by Crippen LogP contribution is -2.06. The maximum atomic E-state index is 5.68. The standard InChI is InChI=1S/C14H21OS/c1-16(2)15-14-10-8-13(9-11-14)12-6-4-3-5-7-12/h8-12H,3-7H2,1-2H3/q+1. The summed E-state index contributed by atoms with van der Waals surface area (Å²) in [6, 6.07) is 8.74. The molecule has 0 radical (unpaired) electrons. The predicted molar refractivity (Wildman–Crippen MR) is 72.1 cm³/mol. The van der Waals surface area contributed by atoms with Crippen molar-refractivity contribution in [1.29, 1.82) is 0 Å². The Morgan fingerprint density at radius 2 is 1.62 bits per heavy atom. The minimum atomic E-state index is 0.0221. The van der Waals surface area contributed by atoms with Crippen LogP contribution in [0.3, 0.4) is 0 Å². The van der Waals surface area contributed by atoms with E-state index in [9.17, 15) is 0 Å². The van der Waals surface area contributed by atoms with Crippen molar-refractivity contribution < 1.29 is 4.18 Å². The van der Waals surface area contributed by atoms with Crippen molar-refractivity contribution in [2.75, 3.05) is 12.5 Å². The van der Waals surface area contributed by atoms with Crippen LogP contribution in [0.4, 0.5) is 0 Å². The van der Waals surface area contributed by atoms with Gasteiger partial charge in [0.2, 0.25) is 0 Å². The van der Waals surface area contributed by atoms with Crippen molar-refractivity contribution in [3.8, 4) is 5.75 Å². The smallest absolute Gasteiger partial charge is 0.191 e. The SMILES string of the molecule is C[S+](C)Oc1ccc(C2CCCCC2)cc1. The molecular formula is C14H21OS+. The van der Waals surface area contributed by atoms with Gasteiger partial charge in [-0.05, 0) is 36.5 Å². The molecule has 0 aromatic heterocycles. The summed E-state index contributed by atoms with van der Waals surface area (Å²) in [5.74, 6) is 1.80. The molecule has 1 aliphatic carbocycles. The Hall–Kier alpha value is -0.630. The molecular weight excluding hydrogens is 216 g/mol. The van der Waals surface area contributed by atoms with E-state index in [1.807, 2.05) is 0 Å². The van der Waals surface area contributed by atoms with Crippen LogP contribution in [0.15, 0.2) is 24.3 Å². The van der Waals surface area contributed by atoms with Crippen molar-refractivity contribution in [2.24, 2.45) is 0 Å². The number of benzene rings is 1. The molecule has 0 aliphatic heterocycles. The highest BCUT2D eigenvalue weighted by atomic mass is 32.2. The molecule has 1 saturated carbocycles. The molecule has 0 unspecified atom stereocenters. The second-order valence-corrected chi connectivity index (χ2v) is 6.38. The molecule has 1 aliphatic rings. The molecule has 0 atom stereocenters. The summed E-state index contributed by atoms with van der Waals surface area (Å²) in [6.07, 6.45) is 11.1. The molecule has 2 heteroatoms. The fourth-order valence-electron chi connectivity index (χ4n) is 2.42. The highest BCUT2D eigenvalue weighted by molar-refractivity contribution is 7.91. The Balaban J connectivity index is 2.00. The van der Waals surface area contributed by atoms with Crippen molar-refractivity contribution in [2.45, 2.75) is 38.0 Å². The van der Waals surface area contributed by atoms with Crippen LogP contribution < -0.4 is 4.18 Å². The summed E-state index contributed by atoms with van der Waals surface area (Å²) < 4.78 is 5.68. The first-order valence-electron chi connectivity index (χ1n) is 6.11. The van der Waals surface area contributed by atoms with E-state index >= 15 is 0 Å². The number of rotatable bonds is 3. The highest BCUT2D eigenvalue weighted by Crippen LogP contribution is 2.33. The number of hydrogen-bond donors (Lipinski definition) is 0. The van der Waals surface area contributed by atoms with E-state index in [0.29, 0.717) is 0 Å². The second-order valence-electron chi connectivity index (χ2n) is 4.73. The molecule has 1 aromatic carbocycles. The minimum Gasteiger partial charge on any atom is -0.287 e. The van der Waals surface area contributed by atoms with E-state index in [-0.39, 0.29) is 11.2 Å². The van der Waals surface area contributed by atoms with Crippen molar-refractivity contribution >= 4 is 11.2 Å². The Morgan fingerprint density at radius 1 is 1.00 bits per heavy atom. The summed E-state index contributed by atoms with van der Waals surface area (Å²) in [6.45, 7) is 0. The molecule has 1 fully saturated rings. The van der Waals surface area contributed by atoms with Gasteiger partial charge in [0.1, 0.15) is 12.5 Å². The highest BCUT2D eigenvalue weighted by Gasteiger charge is 2.15. The first-order chi connectivity index (χ1) is 7.75. The summed E-state index contributed by atoms with van der Waals surface area (Å²) in [5.41, 5.74) is 1.50. The predicted octanol–water partition coefficient (Wildman–Crippen LogP) is 3.91. The summed E-state index contributed by atoms with van der Waals surface area (Å²) in [7, 11) is 0. The lowest BCUT2D eigenvalue weighted by Gasteiger charge is -2.21. The Labute approximate surface area is 102 Å². The van der Waals surface area contributed by atoms with Gasteiger partial charge in [-0.2, -0.15) is 0 Å². The Kier molecular flexibility index (Phi) is 4.16. The van der Waals surface area contributed by atoms with Crippen molar-refractivity contribution in [3.05, 3.63) is 29.8 Å². The van der Waals surface area contributed by atoms with Crippen LogP contribution in [0, 0.1) is 0 Å². The van der Waals surface area contributed by atoms with Crippen LogP contribution in [0.5, 0.6) is 5.75 Å². The van der Waals surface area contributed by atoms with E-state index in [0.717, 1.165) is 11.7 Å². The largest absolute Gasteiger partial charge is 0.287 e. The van der Waals surface area contributed by atoms with Gasteiger partial charge in [-0.3, -0.25) is 4.18 Å². The molecule has 0 bridgehead atoms. The molecule has 0 saturated heterocycles. The third-order valence-corrected chi connectivity index (χ3v) is 3.75. The third-order valence-electron chi connectivity index (χ3n) is 3.22. The average Bonchev–Trinajstić information content (AvgIpc) is 2.30. The lowest BCUT2D eigenvalue weighted by molar-refractivity contribution is 0.443. The lowest BCUT2D eigenvalue weighted by atomic mass is 9.84. The third kappa shape index (κ3) is 3.18. The average molecular weight is 237 g/mol. The number of hydrogen-bond acceptors (Lipinski definition) is 1. The van der Waals surface area contributed by atoms with Gasteiger partial charge in [0, 0.05) is 0 Å². The van der Waals surface area contributed by atoms with Crippen LogP contribution in [0.2, 0.25) is 0 Å². The molecule has 88 valence electrons. The summed E-state index contributed by atoms with van der Waals surface area (Å²) >= 11 is 0.0221. The van der Waals surface area contributed by atoms with E-state index in [4.69, 9.17) is 4.18 Å². The zero-order chi connectivity index (χ0) is 11.4. The van der Waals surface area contributed by atoms with Gasteiger partial charge in [0.25, 0.3) is 0 Å².